The van der Waals surface area contributed by atoms with Crippen molar-refractivity contribution in [2.24, 2.45) is 0 Å². The minimum Gasteiger partial charge on any atom is -0.466 e. The van der Waals surface area contributed by atoms with Crippen LogP contribution in [0.25, 0.3) is 0 Å². The zero-order chi connectivity index (χ0) is 15.1. The third-order valence-electron chi connectivity index (χ3n) is 2.85. The van der Waals surface area contributed by atoms with Gasteiger partial charge in [0.25, 0.3) is 0 Å². The van der Waals surface area contributed by atoms with E-state index in [4.69, 9.17) is 9.84 Å². The van der Waals surface area contributed by atoms with Gasteiger partial charge in [-0.05, 0) is 12.8 Å². The fraction of sp³-hybridized carbons (Fsp3) is 0.733. The van der Waals surface area contributed by atoms with Gasteiger partial charge in [0.05, 0.1) is 13.7 Å². The van der Waals surface area contributed by atoms with E-state index in [0.29, 0.717) is 6.61 Å². The molecule has 5 heteroatoms. The summed E-state index contributed by atoms with van der Waals surface area (Å²) in [6, 6.07) is 0. The molecule has 0 aromatic rings. The summed E-state index contributed by atoms with van der Waals surface area (Å²) < 4.78 is 9.29. The number of aliphatic hydroxyl groups excluding tert-OH is 1. The second-order valence-electron chi connectivity index (χ2n) is 4.58. The molecule has 1 N–H and O–H groups in total. The minimum atomic E-state index is -0.567. The van der Waals surface area contributed by atoms with Crippen LogP contribution in [0.1, 0.15) is 51.4 Å². The molecule has 0 amide bonds. The Morgan fingerprint density at radius 2 is 1.35 bits per heavy atom. The Morgan fingerprint density at radius 1 is 0.850 bits per heavy atom. The molecule has 0 aromatic heterocycles. The third-order valence-corrected chi connectivity index (χ3v) is 2.85. The van der Waals surface area contributed by atoms with Crippen molar-refractivity contribution in [2.75, 3.05) is 20.3 Å². The Balaban J connectivity index is 3.29. The fourth-order valence-electron chi connectivity index (χ4n) is 1.70. The lowest BCUT2D eigenvalue weighted by atomic mass is 10.1. The monoisotopic (exact) mass is 286 g/mol. The molecule has 0 unspecified atom stereocenters. The van der Waals surface area contributed by atoms with Crippen molar-refractivity contribution in [3.05, 3.63) is 12.2 Å². The molecule has 0 fully saturated rings. The summed E-state index contributed by atoms with van der Waals surface area (Å²) in [6.45, 7) is 0.671. The number of hydrogen-bond acceptors (Lipinski definition) is 5. The third kappa shape index (κ3) is 13.1. The van der Waals surface area contributed by atoms with E-state index in [1.54, 1.807) is 0 Å². The van der Waals surface area contributed by atoms with Crippen molar-refractivity contribution < 1.29 is 24.2 Å². The number of methoxy groups -OCH3 is 1. The predicted octanol–water partition coefficient (Wildman–Crippen LogP) is 2.37. The molecule has 0 heterocycles. The molecular weight excluding hydrogens is 260 g/mol. The lowest BCUT2D eigenvalue weighted by molar-refractivity contribution is -0.139. The van der Waals surface area contributed by atoms with Crippen molar-refractivity contribution in [1.82, 2.24) is 0 Å². The number of carbonyl (C=O) groups is 2. The van der Waals surface area contributed by atoms with Crippen molar-refractivity contribution >= 4 is 11.9 Å². The van der Waals surface area contributed by atoms with E-state index < -0.39 is 11.9 Å². The molecular formula is C15H26O5. The summed E-state index contributed by atoms with van der Waals surface area (Å²) >= 11 is 0. The molecule has 0 bridgehead atoms. The number of aliphatic hydroxyl groups is 1. The molecule has 0 radical (unpaired) electrons. The minimum absolute atomic E-state index is 0.287. The first-order valence-electron chi connectivity index (χ1n) is 7.24. The van der Waals surface area contributed by atoms with Crippen molar-refractivity contribution in [3.63, 3.8) is 0 Å². The van der Waals surface area contributed by atoms with Crippen molar-refractivity contribution in [1.29, 1.82) is 0 Å². The Hall–Kier alpha value is -1.36. The molecule has 5 nitrogen and oxygen atoms in total. The summed E-state index contributed by atoms with van der Waals surface area (Å²) in [6.07, 6.45) is 10.7. The normalized spacial score (nSPS) is 10.7. The number of rotatable bonds is 12. The number of ether oxygens (including phenoxy) is 2. The van der Waals surface area contributed by atoms with Gasteiger partial charge in [-0.25, -0.2) is 9.59 Å². The van der Waals surface area contributed by atoms with Crippen LogP contribution in [-0.2, 0) is 19.1 Å². The molecule has 20 heavy (non-hydrogen) atoms. The van der Waals surface area contributed by atoms with E-state index in [-0.39, 0.29) is 6.61 Å². The van der Waals surface area contributed by atoms with Crippen molar-refractivity contribution in [3.8, 4) is 0 Å². The Kier molecular flexibility index (Phi) is 13.1. The SMILES string of the molecule is COC(=O)/C=C/C(=O)OCCCCCCCCCCO. The quantitative estimate of drug-likeness (QED) is 0.339. The van der Waals surface area contributed by atoms with Crippen molar-refractivity contribution in [2.45, 2.75) is 51.4 Å². The lowest BCUT2D eigenvalue weighted by Gasteiger charge is -2.03. The van der Waals surface area contributed by atoms with Gasteiger partial charge in [0.15, 0.2) is 0 Å². The van der Waals surface area contributed by atoms with Gasteiger partial charge in [0.2, 0.25) is 0 Å². The highest BCUT2D eigenvalue weighted by molar-refractivity contribution is 5.91. The van der Waals surface area contributed by atoms with E-state index in [1.165, 1.54) is 26.4 Å². The highest BCUT2D eigenvalue weighted by atomic mass is 16.5. The first-order valence-corrected chi connectivity index (χ1v) is 7.24. The average Bonchev–Trinajstić information content (AvgIpc) is 2.46. The van der Waals surface area contributed by atoms with Crippen LogP contribution in [0.5, 0.6) is 0 Å². The van der Waals surface area contributed by atoms with Gasteiger partial charge in [-0.1, -0.05) is 38.5 Å². The summed E-state index contributed by atoms with van der Waals surface area (Å²) in [5, 5.41) is 8.62. The van der Waals surface area contributed by atoms with Gasteiger partial charge in [0.1, 0.15) is 0 Å². The first-order chi connectivity index (χ1) is 9.70. The van der Waals surface area contributed by atoms with Gasteiger partial charge in [-0.2, -0.15) is 0 Å². The van der Waals surface area contributed by atoms with Gasteiger partial charge in [-0.3, -0.25) is 0 Å². The van der Waals surface area contributed by atoms with E-state index in [1.807, 2.05) is 0 Å². The molecule has 0 aromatic carbocycles. The van der Waals surface area contributed by atoms with Gasteiger partial charge < -0.3 is 14.6 Å². The van der Waals surface area contributed by atoms with Crippen LogP contribution in [0.3, 0.4) is 0 Å². The average molecular weight is 286 g/mol. The largest absolute Gasteiger partial charge is 0.466 e. The van der Waals surface area contributed by atoms with Gasteiger partial charge in [0, 0.05) is 18.8 Å². The van der Waals surface area contributed by atoms with Crippen LogP contribution < -0.4 is 0 Å². The molecule has 0 saturated carbocycles. The van der Waals surface area contributed by atoms with Crippen LogP contribution >= 0.6 is 0 Å². The maximum absolute atomic E-state index is 11.2. The number of unbranched alkanes of at least 4 members (excludes halogenated alkanes) is 7. The number of esters is 2. The summed E-state index contributed by atoms with van der Waals surface area (Å²) in [5.74, 6) is -1.08. The first kappa shape index (κ1) is 18.6. The molecule has 0 spiro atoms. The molecule has 0 saturated heterocycles. The lowest BCUT2D eigenvalue weighted by Crippen LogP contribution is -2.04. The maximum atomic E-state index is 11.2. The zero-order valence-electron chi connectivity index (χ0n) is 12.3. The molecule has 116 valence electrons. The van der Waals surface area contributed by atoms with E-state index in [0.717, 1.165) is 44.3 Å². The maximum Gasteiger partial charge on any atom is 0.331 e. The van der Waals surface area contributed by atoms with E-state index >= 15 is 0 Å². The Morgan fingerprint density at radius 3 is 1.90 bits per heavy atom. The van der Waals surface area contributed by atoms with Crippen LogP contribution in [0.15, 0.2) is 12.2 Å². The molecule has 0 rings (SSSR count). The van der Waals surface area contributed by atoms with Crippen LogP contribution in [0.4, 0.5) is 0 Å². The van der Waals surface area contributed by atoms with Gasteiger partial charge in [-0.15, -0.1) is 0 Å². The topological polar surface area (TPSA) is 72.8 Å². The molecule has 0 atom stereocenters. The van der Waals surface area contributed by atoms with E-state index in [9.17, 15) is 9.59 Å². The van der Waals surface area contributed by atoms with Crippen LogP contribution in [0, 0.1) is 0 Å². The van der Waals surface area contributed by atoms with Crippen LogP contribution in [-0.4, -0.2) is 37.4 Å². The van der Waals surface area contributed by atoms with Crippen LogP contribution in [0.2, 0.25) is 0 Å². The highest BCUT2D eigenvalue weighted by Gasteiger charge is 1.99. The highest BCUT2D eigenvalue weighted by Crippen LogP contribution is 2.08. The predicted molar refractivity (Wildman–Crippen MR) is 76.1 cm³/mol. The smallest absolute Gasteiger partial charge is 0.331 e. The number of carbonyl (C=O) groups excluding carboxylic acids is 2. The fourth-order valence-corrected chi connectivity index (χ4v) is 1.70. The molecule has 0 aliphatic rings. The summed E-state index contributed by atoms with van der Waals surface area (Å²) in [7, 11) is 1.25. The molecule has 0 aliphatic carbocycles. The second-order valence-corrected chi connectivity index (χ2v) is 4.58. The van der Waals surface area contributed by atoms with E-state index in [2.05, 4.69) is 4.74 Å². The Bertz CT molecular complexity index is 286. The van der Waals surface area contributed by atoms with Gasteiger partial charge >= 0.3 is 11.9 Å². The second kappa shape index (κ2) is 14.1. The summed E-state index contributed by atoms with van der Waals surface area (Å²) in [4.78, 5) is 21.9. The molecule has 0 aliphatic heterocycles. The standard InChI is InChI=1S/C15H26O5/c1-19-14(17)10-11-15(18)20-13-9-7-5-3-2-4-6-8-12-16/h10-11,16H,2-9,12-13H2,1H3/b11-10+. The number of hydrogen-bond donors (Lipinski definition) is 1. The zero-order valence-corrected chi connectivity index (χ0v) is 12.3. The summed E-state index contributed by atoms with van der Waals surface area (Å²) in [5.41, 5.74) is 0. The Labute approximate surface area is 121 Å².